The average Bonchev–Trinajstić information content (AvgIpc) is 3.21. The number of halogens is 1. The van der Waals surface area contributed by atoms with E-state index in [2.05, 4.69) is 6.07 Å². The number of methoxy groups -OCH3 is 2. The van der Waals surface area contributed by atoms with E-state index in [9.17, 15) is 0 Å². The summed E-state index contributed by atoms with van der Waals surface area (Å²) in [5, 5.41) is 2.21. The van der Waals surface area contributed by atoms with Crippen molar-refractivity contribution in [3.63, 3.8) is 0 Å². The third kappa shape index (κ3) is 2.19. The maximum atomic E-state index is 5.53. The Bertz CT molecular complexity index is 1000. The highest BCUT2D eigenvalue weighted by atomic mass is 35.5. The number of benzene rings is 2. The lowest BCUT2D eigenvalue weighted by Gasteiger charge is -2.10. The molecule has 6 heteroatoms. The molecule has 128 valence electrons. The molecular weight excluding hydrogens is 342 g/mol. The first kappa shape index (κ1) is 15.8. The number of ether oxygens (including phenoxy) is 4. The second-order valence-corrected chi connectivity index (χ2v) is 5.92. The molecule has 1 aliphatic carbocycles. The van der Waals surface area contributed by atoms with Crippen LogP contribution >= 0.6 is 12.4 Å². The van der Waals surface area contributed by atoms with E-state index in [0.717, 1.165) is 51.4 Å². The van der Waals surface area contributed by atoms with E-state index in [4.69, 9.17) is 23.9 Å². The van der Waals surface area contributed by atoms with Gasteiger partial charge in [0.2, 0.25) is 6.79 Å². The minimum absolute atomic E-state index is 0. The molecule has 2 heterocycles. The largest absolute Gasteiger partial charge is 0.493 e. The second-order valence-electron chi connectivity index (χ2n) is 5.92. The summed E-state index contributed by atoms with van der Waals surface area (Å²) in [5.41, 5.74) is 4.50. The molecule has 0 unspecified atom stereocenters. The molecule has 0 saturated heterocycles. The number of aromatic nitrogens is 1. The smallest absolute Gasteiger partial charge is 0.231 e. The second kappa shape index (κ2) is 5.70. The third-order valence-electron chi connectivity index (χ3n) is 4.72. The van der Waals surface area contributed by atoms with Crippen LogP contribution in [0.4, 0.5) is 0 Å². The van der Waals surface area contributed by atoms with Crippen LogP contribution in [0.3, 0.4) is 0 Å². The molecule has 0 N–H and O–H groups in total. The van der Waals surface area contributed by atoms with Crippen LogP contribution in [0.2, 0.25) is 0 Å². The van der Waals surface area contributed by atoms with Crippen molar-refractivity contribution < 1.29 is 18.9 Å². The number of fused-ring (bicyclic) bond motifs is 6. The van der Waals surface area contributed by atoms with Crippen LogP contribution < -0.4 is 18.9 Å². The summed E-state index contributed by atoms with van der Waals surface area (Å²) in [5.74, 6) is 3.03. The Balaban J connectivity index is 0.00000157. The van der Waals surface area contributed by atoms with Gasteiger partial charge >= 0.3 is 0 Å². The van der Waals surface area contributed by atoms with Crippen molar-refractivity contribution in [1.29, 1.82) is 0 Å². The molecule has 0 radical (unpaired) electrons. The standard InChI is InChI=1S/C19H15NO4.ClH/c1-21-15-4-10-3-14-12-6-18-17(23-9-24-18)5-11(12)8-20-19(14)13(10)7-16(15)22-2;/h4-8H,3,9H2,1-2H3;1H. The summed E-state index contributed by atoms with van der Waals surface area (Å²) < 4.78 is 21.9. The summed E-state index contributed by atoms with van der Waals surface area (Å²) in [7, 11) is 3.30. The zero-order valence-corrected chi connectivity index (χ0v) is 14.6. The summed E-state index contributed by atoms with van der Waals surface area (Å²) in [6, 6.07) is 8.09. The summed E-state index contributed by atoms with van der Waals surface area (Å²) in [6.45, 7) is 0.274. The van der Waals surface area contributed by atoms with Crippen molar-refractivity contribution in [3.05, 3.63) is 41.6 Å². The lowest BCUT2D eigenvalue weighted by molar-refractivity contribution is 0.174. The van der Waals surface area contributed by atoms with Crippen LogP contribution in [0.1, 0.15) is 11.1 Å². The van der Waals surface area contributed by atoms with E-state index in [1.54, 1.807) is 14.2 Å². The number of hydrogen-bond donors (Lipinski definition) is 0. The summed E-state index contributed by atoms with van der Waals surface area (Å²) in [4.78, 5) is 4.69. The molecule has 0 amide bonds. The van der Waals surface area contributed by atoms with Crippen molar-refractivity contribution in [1.82, 2.24) is 4.98 Å². The van der Waals surface area contributed by atoms with Crippen LogP contribution in [0.5, 0.6) is 23.0 Å². The Morgan fingerprint density at radius 2 is 1.68 bits per heavy atom. The Morgan fingerprint density at radius 1 is 0.960 bits per heavy atom. The SMILES string of the molecule is COc1cc2c(cc1OC)-c1ncc3cc4c(cc3c1C2)OCO4.Cl. The van der Waals surface area contributed by atoms with Gasteiger partial charge in [-0.2, -0.15) is 0 Å². The fourth-order valence-corrected chi connectivity index (χ4v) is 3.55. The first-order valence-corrected chi connectivity index (χ1v) is 7.75. The van der Waals surface area contributed by atoms with Gasteiger partial charge in [-0.05, 0) is 40.8 Å². The quantitative estimate of drug-likeness (QED) is 0.543. The van der Waals surface area contributed by atoms with E-state index < -0.39 is 0 Å². The fourth-order valence-electron chi connectivity index (χ4n) is 3.55. The predicted molar refractivity (Wildman–Crippen MR) is 96.5 cm³/mol. The highest BCUT2D eigenvalue weighted by Crippen LogP contribution is 2.46. The van der Waals surface area contributed by atoms with Crippen molar-refractivity contribution in [2.75, 3.05) is 21.0 Å². The van der Waals surface area contributed by atoms with Gasteiger partial charge in [-0.25, -0.2) is 0 Å². The number of hydrogen-bond acceptors (Lipinski definition) is 5. The van der Waals surface area contributed by atoms with E-state index >= 15 is 0 Å². The van der Waals surface area contributed by atoms with Crippen molar-refractivity contribution in [2.45, 2.75) is 6.42 Å². The molecule has 5 rings (SSSR count). The van der Waals surface area contributed by atoms with Gasteiger partial charge in [0, 0.05) is 23.6 Å². The minimum atomic E-state index is 0. The molecule has 0 atom stereocenters. The average molecular weight is 358 g/mol. The van der Waals surface area contributed by atoms with Gasteiger partial charge in [-0.15, -0.1) is 12.4 Å². The van der Waals surface area contributed by atoms with Gasteiger partial charge in [0.25, 0.3) is 0 Å². The van der Waals surface area contributed by atoms with E-state index in [-0.39, 0.29) is 19.2 Å². The summed E-state index contributed by atoms with van der Waals surface area (Å²) in [6.07, 6.45) is 2.71. The van der Waals surface area contributed by atoms with E-state index in [0.29, 0.717) is 0 Å². The normalized spacial score (nSPS) is 13.2. The zero-order chi connectivity index (χ0) is 16.3. The Kier molecular flexibility index (Phi) is 3.62. The van der Waals surface area contributed by atoms with Crippen molar-refractivity contribution in [3.8, 4) is 34.3 Å². The molecule has 2 aromatic carbocycles. The van der Waals surface area contributed by atoms with E-state index in [1.165, 1.54) is 11.1 Å². The molecule has 0 fully saturated rings. The number of pyridine rings is 1. The molecular formula is C19H16ClNO4. The molecule has 0 spiro atoms. The predicted octanol–water partition coefficient (Wildman–Crippen LogP) is 3.97. The molecule has 2 aliphatic rings. The monoisotopic (exact) mass is 357 g/mol. The molecule has 1 aromatic heterocycles. The van der Waals surface area contributed by atoms with Crippen LogP contribution in [-0.2, 0) is 6.42 Å². The van der Waals surface area contributed by atoms with Crippen molar-refractivity contribution in [2.24, 2.45) is 0 Å². The number of rotatable bonds is 2. The third-order valence-corrected chi connectivity index (χ3v) is 4.72. The summed E-state index contributed by atoms with van der Waals surface area (Å²) >= 11 is 0. The van der Waals surface area contributed by atoms with Gasteiger partial charge in [-0.1, -0.05) is 0 Å². The minimum Gasteiger partial charge on any atom is -0.493 e. The van der Waals surface area contributed by atoms with Crippen molar-refractivity contribution >= 4 is 23.2 Å². The Hall–Kier alpha value is -2.66. The highest BCUT2D eigenvalue weighted by molar-refractivity contribution is 5.95. The van der Waals surface area contributed by atoms with Gasteiger partial charge in [-0.3, -0.25) is 4.98 Å². The zero-order valence-electron chi connectivity index (χ0n) is 13.8. The maximum absolute atomic E-state index is 5.53. The van der Waals surface area contributed by atoms with Gasteiger partial charge < -0.3 is 18.9 Å². The molecule has 3 aromatic rings. The van der Waals surface area contributed by atoms with E-state index in [1.807, 2.05) is 24.4 Å². The van der Waals surface area contributed by atoms with Gasteiger partial charge in [0.05, 0.1) is 19.9 Å². The highest BCUT2D eigenvalue weighted by Gasteiger charge is 2.26. The van der Waals surface area contributed by atoms with Crippen LogP contribution in [0, 0.1) is 0 Å². The molecule has 1 aliphatic heterocycles. The molecule has 25 heavy (non-hydrogen) atoms. The Morgan fingerprint density at radius 3 is 2.44 bits per heavy atom. The lowest BCUT2D eigenvalue weighted by Crippen LogP contribution is -1.92. The topological polar surface area (TPSA) is 49.8 Å². The lowest BCUT2D eigenvalue weighted by atomic mass is 10.0. The molecule has 5 nitrogen and oxygen atoms in total. The maximum Gasteiger partial charge on any atom is 0.231 e. The molecule has 0 saturated carbocycles. The van der Waals surface area contributed by atoms with Gasteiger partial charge in [0.15, 0.2) is 23.0 Å². The molecule has 0 bridgehead atoms. The first-order valence-electron chi connectivity index (χ1n) is 7.75. The van der Waals surface area contributed by atoms with Gasteiger partial charge in [0.1, 0.15) is 0 Å². The number of nitrogens with zero attached hydrogens (tertiary/aromatic N) is 1. The van der Waals surface area contributed by atoms with Crippen LogP contribution in [0.15, 0.2) is 30.5 Å². The fraction of sp³-hybridized carbons (Fsp3) is 0.211. The first-order chi connectivity index (χ1) is 11.8. The van der Waals surface area contributed by atoms with Crippen LogP contribution in [0.25, 0.3) is 22.0 Å². The van der Waals surface area contributed by atoms with Crippen LogP contribution in [-0.4, -0.2) is 26.0 Å². The Labute approximate surface area is 150 Å².